The van der Waals surface area contributed by atoms with E-state index in [0.29, 0.717) is 49.1 Å². The van der Waals surface area contributed by atoms with Gasteiger partial charge in [0.1, 0.15) is 17.7 Å². The van der Waals surface area contributed by atoms with Gasteiger partial charge in [-0.2, -0.15) is 0 Å². The molecule has 3 rings (SSSR count). The fourth-order valence-corrected chi connectivity index (χ4v) is 3.77. The van der Waals surface area contributed by atoms with Crippen LogP contribution in [0.15, 0.2) is 42.5 Å². The van der Waals surface area contributed by atoms with Crippen LogP contribution in [-0.2, 0) is 19.7 Å². The molecular formula is C22H25ClFNO4. The highest BCUT2D eigenvalue weighted by molar-refractivity contribution is 6.32. The topological polar surface area (TPSA) is 56.8 Å². The molecule has 0 saturated carbocycles. The Bertz CT molecular complexity index is 837. The molecule has 156 valence electrons. The SMILES string of the molecule is COCC(C)Oc1ccc(NC(=O)C2(c3ccc(F)cc3)CCOCC2)cc1Cl. The van der Waals surface area contributed by atoms with Crippen LogP contribution in [0.3, 0.4) is 0 Å². The summed E-state index contributed by atoms with van der Waals surface area (Å²) in [4.78, 5) is 13.3. The van der Waals surface area contributed by atoms with Crippen LogP contribution in [-0.4, -0.2) is 38.9 Å². The zero-order chi connectivity index (χ0) is 20.9. The van der Waals surface area contributed by atoms with Crippen molar-refractivity contribution in [2.45, 2.75) is 31.3 Å². The van der Waals surface area contributed by atoms with Crippen LogP contribution in [0.2, 0.25) is 5.02 Å². The summed E-state index contributed by atoms with van der Waals surface area (Å²) in [6.07, 6.45) is 0.893. The van der Waals surface area contributed by atoms with Crippen LogP contribution in [0.4, 0.5) is 10.1 Å². The Hall–Kier alpha value is -2.15. The van der Waals surface area contributed by atoms with Gasteiger partial charge in [0.15, 0.2) is 0 Å². The molecule has 0 aromatic heterocycles. The lowest BCUT2D eigenvalue weighted by atomic mass is 9.73. The van der Waals surface area contributed by atoms with E-state index in [1.165, 1.54) is 12.1 Å². The van der Waals surface area contributed by atoms with Crippen LogP contribution in [0, 0.1) is 5.82 Å². The molecule has 7 heteroatoms. The lowest BCUT2D eigenvalue weighted by Crippen LogP contribution is -2.44. The van der Waals surface area contributed by atoms with Gasteiger partial charge in [-0.05, 0) is 55.7 Å². The summed E-state index contributed by atoms with van der Waals surface area (Å²) in [7, 11) is 1.60. The average molecular weight is 422 g/mol. The maximum atomic E-state index is 13.4. The molecule has 2 aromatic carbocycles. The first-order chi connectivity index (χ1) is 13.9. The largest absolute Gasteiger partial charge is 0.487 e. The predicted octanol–water partition coefficient (Wildman–Crippen LogP) is 4.58. The Morgan fingerprint density at radius 1 is 1.24 bits per heavy atom. The number of benzene rings is 2. The molecule has 29 heavy (non-hydrogen) atoms. The van der Waals surface area contributed by atoms with E-state index < -0.39 is 5.41 Å². The maximum Gasteiger partial charge on any atom is 0.235 e. The molecule has 1 saturated heterocycles. The van der Waals surface area contributed by atoms with Crippen LogP contribution in [0.1, 0.15) is 25.3 Å². The quantitative estimate of drug-likeness (QED) is 0.711. The number of rotatable bonds is 7. The highest BCUT2D eigenvalue weighted by Gasteiger charge is 2.41. The minimum absolute atomic E-state index is 0.151. The molecular weight excluding hydrogens is 397 g/mol. The third-order valence-corrected chi connectivity index (χ3v) is 5.39. The number of nitrogens with one attached hydrogen (secondary N) is 1. The monoisotopic (exact) mass is 421 g/mol. The molecule has 1 atom stereocenters. The van der Waals surface area contributed by atoms with Gasteiger partial charge in [0, 0.05) is 26.0 Å². The summed E-state index contributed by atoms with van der Waals surface area (Å²) < 4.78 is 29.6. The van der Waals surface area contributed by atoms with E-state index in [-0.39, 0.29) is 17.8 Å². The molecule has 1 aliphatic heterocycles. The smallest absolute Gasteiger partial charge is 0.235 e. The fourth-order valence-electron chi connectivity index (χ4n) is 3.55. The highest BCUT2D eigenvalue weighted by Crippen LogP contribution is 2.37. The van der Waals surface area contributed by atoms with E-state index in [4.69, 9.17) is 25.8 Å². The molecule has 1 fully saturated rings. The fraction of sp³-hybridized carbons (Fsp3) is 0.409. The summed E-state index contributed by atoms with van der Waals surface area (Å²) in [6.45, 7) is 3.26. The van der Waals surface area contributed by atoms with Gasteiger partial charge >= 0.3 is 0 Å². The van der Waals surface area contributed by atoms with Crippen molar-refractivity contribution in [3.63, 3.8) is 0 Å². The second-order valence-corrected chi connectivity index (χ2v) is 7.59. The summed E-state index contributed by atoms with van der Waals surface area (Å²) >= 11 is 6.33. The van der Waals surface area contributed by atoms with Gasteiger partial charge in [-0.15, -0.1) is 0 Å². The van der Waals surface area contributed by atoms with Gasteiger partial charge in [-0.1, -0.05) is 23.7 Å². The van der Waals surface area contributed by atoms with E-state index in [1.807, 2.05) is 6.92 Å². The van der Waals surface area contributed by atoms with Crippen LogP contribution < -0.4 is 10.1 Å². The minimum Gasteiger partial charge on any atom is -0.487 e. The minimum atomic E-state index is -0.777. The number of hydrogen-bond acceptors (Lipinski definition) is 4. The van der Waals surface area contributed by atoms with Crippen molar-refractivity contribution >= 4 is 23.2 Å². The van der Waals surface area contributed by atoms with Crippen LogP contribution in [0.25, 0.3) is 0 Å². The Morgan fingerprint density at radius 3 is 2.55 bits per heavy atom. The number of anilines is 1. The van der Waals surface area contributed by atoms with Crippen molar-refractivity contribution in [2.75, 3.05) is 32.2 Å². The number of amides is 1. The van der Waals surface area contributed by atoms with E-state index in [2.05, 4.69) is 5.32 Å². The second kappa shape index (κ2) is 9.57. The molecule has 0 spiro atoms. The normalized spacial score (nSPS) is 16.8. The Labute approximate surface area is 175 Å². The lowest BCUT2D eigenvalue weighted by Gasteiger charge is -2.36. The first-order valence-corrected chi connectivity index (χ1v) is 9.93. The van der Waals surface area contributed by atoms with Crippen molar-refractivity contribution in [1.82, 2.24) is 0 Å². The molecule has 0 bridgehead atoms. The van der Waals surface area contributed by atoms with Gasteiger partial charge in [-0.3, -0.25) is 4.79 Å². The number of ether oxygens (including phenoxy) is 3. The average Bonchev–Trinajstić information content (AvgIpc) is 2.71. The number of carbonyl (C=O) groups is 1. The standard InChI is InChI=1S/C22H25ClFNO4/c1-15(14-27-2)29-20-8-7-18(13-19(20)23)25-21(26)22(9-11-28-12-10-22)16-3-5-17(24)6-4-16/h3-8,13,15H,9-12,14H2,1-2H3,(H,25,26). The van der Waals surface area contributed by atoms with Gasteiger partial charge in [0.05, 0.1) is 17.0 Å². The van der Waals surface area contributed by atoms with Gasteiger partial charge in [0.2, 0.25) is 5.91 Å². The molecule has 1 N–H and O–H groups in total. The molecule has 0 radical (unpaired) electrons. The van der Waals surface area contributed by atoms with Gasteiger partial charge < -0.3 is 19.5 Å². The summed E-state index contributed by atoms with van der Waals surface area (Å²) in [5.74, 6) is 0.0277. The zero-order valence-electron chi connectivity index (χ0n) is 16.5. The summed E-state index contributed by atoms with van der Waals surface area (Å²) in [5.41, 5.74) is 0.569. The molecule has 1 unspecified atom stereocenters. The van der Waals surface area contributed by atoms with Crippen LogP contribution in [0.5, 0.6) is 5.75 Å². The third-order valence-electron chi connectivity index (χ3n) is 5.10. The summed E-state index contributed by atoms with van der Waals surface area (Å²) in [5, 5.41) is 3.36. The van der Waals surface area contributed by atoms with Gasteiger partial charge in [-0.25, -0.2) is 4.39 Å². The predicted molar refractivity (Wildman–Crippen MR) is 110 cm³/mol. The number of halogens is 2. The van der Waals surface area contributed by atoms with E-state index in [0.717, 1.165) is 5.56 Å². The molecule has 0 aliphatic carbocycles. The Balaban J connectivity index is 1.79. The molecule has 5 nitrogen and oxygen atoms in total. The Kier molecular flexibility index (Phi) is 7.11. The first-order valence-electron chi connectivity index (χ1n) is 9.55. The lowest BCUT2D eigenvalue weighted by molar-refractivity contribution is -0.125. The van der Waals surface area contributed by atoms with E-state index >= 15 is 0 Å². The van der Waals surface area contributed by atoms with Crippen molar-refractivity contribution in [3.8, 4) is 5.75 Å². The number of hydrogen-bond donors (Lipinski definition) is 1. The van der Waals surface area contributed by atoms with Crippen LogP contribution >= 0.6 is 11.6 Å². The zero-order valence-corrected chi connectivity index (χ0v) is 17.3. The Morgan fingerprint density at radius 2 is 1.93 bits per heavy atom. The van der Waals surface area contributed by atoms with E-state index in [9.17, 15) is 9.18 Å². The second-order valence-electron chi connectivity index (χ2n) is 7.18. The maximum absolute atomic E-state index is 13.4. The van der Waals surface area contributed by atoms with Crippen molar-refractivity contribution < 1.29 is 23.4 Å². The molecule has 2 aromatic rings. The van der Waals surface area contributed by atoms with Gasteiger partial charge in [0.25, 0.3) is 0 Å². The number of carbonyl (C=O) groups excluding carboxylic acids is 1. The molecule has 1 aliphatic rings. The van der Waals surface area contributed by atoms with Crippen molar-refractivity contribution in [3.05, 3.63) is 58.9 Å². The van der Waals surface area contributed by atoms with Crippen molar-refractivity contribution in [2.24, 2.45) is 0 Å². The number of methoxy groups -OCH3 is 1. The summed E-state index contributed by atoms with van der Waals surface area (Å²) in [6, 6.07) is 11.2. The molecule has 1 heterocycles. The van der Waals surface area contributed by atoms with E-state index in [1.54, 1.807) is 37.4 Å². The molecule has 1 amide bonds. The first kappa shape index (κ1) is 21.6. The van der Waals surface area contributed by atoms with Crippen molar-refractivity contribution in [1.29, 1.82) is 0 Å². The third kappa shape index (κ3) is 5.07. The highest BCUT2D eigenvalue weighted by atomic mass is 35.5.